The summed E-state index contributed by atoms with van der Waals surface area (Å²) >= 11 is 4.33. The van der Waals surface area contributed by atoms with Gasteiger partial charge in [0.15, 0.2) is 5.78 Å². The van der Waals surface area contributed by atoms with Crippen LogP contribution in [0.2, 0.25) is 0 Å². The predicted octanol–water partition coefficient (Wildman–Crippen LogP) is 2.39. The summed E-state index contributed by atoms with van der Waals surface area (Å²) in [6.45, 7) is 7.88. The highest BCUT2D eigenvalue weighted by atomic mass is 32.1. The molecule has 0 saturated carbocycles. The highest BCUT2D eigenvalue weighted by Crippen LogP contribution is 2.24. The molecule has 0 saturated heterocycles. The van der Waals surface area contributed by atoms with Crippen molar-refractivity contribution >= 4 is 18.4 Å². The van der Waals surface area contributed by atoms with Crippen LogP contribution in [0.3, 0.4) is 0 Å². The van der Waals surface area contributed by atoms with E-state index in [-0.39, 0.29) is 16.6 Å². The van der Waals surface area contributed by atoms with Crippen molar-refractivity contribution in [3.8, 4) is 0 Å². The lowest BCUT2D eigenvalue weighted by Gasteiger charge is -2.35. The van der Waals surface area contributed by atoms with E-state index in [2.05, 4.69) is 33.4 Å². The molecule has 1 aliphatic rings. The summed E-state index contributed by atoms with van der Waals surface area (Å²) in [6.07, 6.45) is 5.80. The van der Waals surface area contributed by atoms with E-state index in [0.717, 1.165) is 5.57 Å². The first kappa shape index (κ1) is 11.4. The fraction of sp³-hybridized carbons (Fsp3) is 0.545. The number of carbonyl (C=O) groups excluding carboxylic acids is 1. The van der Waals surface area contributed by atoms with E-state index in [4.69, 9.17) is 0 Å². The van der Waals surface area contributed by atoms with Crippen LogP contribution >= 0.6 is 12.6 Å². The number of hydrogen-bond donors (Lipinski definition) is 1. The van der Waals surface area contributed by atoms with Gasteiger partial charge in [0, 0.05) is 23.5 Å². The Balaban J connectivity index is 2.96. The van der Waals surface area contributed by atoms with Gasteiger partial charge in [0.2, 0.25) is 0 Å². The molecule has 1 unspecified atom stereocenters. The SMILES string of the molecule is CC(=O)C1=CN(C(C)(C)C)C=CC1S. The normalized spacial score (nSPS) is 22.2. The zero-order chi connectivity index (χ0) is 10.9. The van der Waals surface area contributed by atoms with Gasteiger partial charge in [-0.3, -0.25) is 4.79 Å². The Kier molecular flexibility index (Phi) is 3.10. The molecule has 14 heavy (non-hydrogen) atoms. The van der Waals surface area contributed by atoms with Gasteiger partial charge < -0.3 is 4.90 Å². The number of nitrogens with zero attached hydrogens (tertiary/aromatic N) is 1. The Labute approximate surface area is 91.1 Å². The van der Waals surface area contributed by atoms with Crippen LogP contribution in [-0.2, 0) is 4.79 Å². The van der Waals surface area contributed by atoms with Crippen molar-refractivity contribution in [3.63, 3.8) is 0 Å². The second kappa shape index (κ2) is 3.81. The maximum Gasteiger partial charge on any atom is 0.158 e. The van der Waals surface area contributed by atoms with Crippen LogP contribution in [0.4, 0.5) is 0 Å². The Hall–Kier alpha value is -0.700. The van der Waals surface area contributed by atoms with Crippen LogP contribution in [0, 0.1) is 0 Å². The lowest BCUT2D eigenvalue weighted by Crippen LogP contribution is -2.36. The van der Waals surface area contributed by atoms with Crippen LogP contribution in [0.5, 0.6) is 0 Å². The van der Waals surface area contributed by atoms with Crippen molar-refractivity contribution in [2.24, 2.45) is 0 Å². The molecule has 0 N–H and O–H groups in total. The molecule has 1 aliphatic heterocycles. The largest absolute Gasteiger partial charge is 0.349 e. The third-order valence-electron chi connectivity index (χ3n) is 2.21. The van der Waals surface area contributed by atoms with Gasteiger partial charge >= 0.3 is 0 Å². The molecule has 0 aromatic carbocycles. The van der Waals surface area contributed by atoms with E-state index in [1.165, 1.54) is 0 Å². The van der Waals surface area contributed by atoms with Crippen molar-refractivity contribution in [1.82, 2.24) is 4.90 Å². The van der Waals surface area contributed by atoms with E-state index in [1.807, 2.05) is 23.4 Å². The van der Waals surface area contributed by atoms with E-state index in [1.54, 1.807) is 6.92 Å². The molecule has 0 fully saturated rings. The third kappa shape index (κ3) is 2.41. The van der Waals surface area contributed by atoms with E-state index >= 15 is 0 Å². The topological polar surface area (TPSA) is 20.3 Å². The van der Waals surface area contributed by atoms with Gasteiger partial charge in [-0.25, -0.2) is 0 Å². The van der Waals surface area contributed by atoms with Gasteiger partial charge in [0.1, 0.15) is 0 Å². The number of hydrogen-bond acceptors (Lipinski definition) is 3. The summed E-state index contributed by atoms with van der Waals surface area (Å²) in [5, 5.41) is -0.0638. The standard InChI is InChI=1S/C11H17NOS/c1-8(13)9-7-12(11(2,3)4)6-5-10(9)14/h5-7,10,14H,1-4H3. The molecule has 0 aromatic rings. The summed E-state index contributed by atoms with van der Waals surface area (Å²) < 4.78 is 0. The second-order valence-corrected chi connectivity index (χ2v) is 5.06. The fourth-order valence-electron chi connectivity index (χ4n) is 1.26. The Morgan fingerprint density at radius 2 is 2.07 bits per heavy atom. The lowest BCUT2D eigenvalue weighted by atomic mass is 10.0. The second-order valence-electron chi connectivity index (χ2n) is 4.51. The molecule has 1 heterocycles. The van der Waals surface area contributed by atoms with E-state index < -0.39 is 0 Å². The van der Waals surface area contributed by atoms with Gasteiger partial charge in [-0.05, 0) is 27.7 Å². The number of rotatable bonds is 1. The molecule has 2 nitrogen and oxygen atoms in total. The average Bonchev–Trinajstić information content (AvgIpc) is 2.02. The Bertz CT molecular complexity index is 299. The smallest absolute Gasteiger partial charge is 0.158 e. The fourth-order valence-corrected chi connectivity index (χ4v) is 1.59. The van der Waals surface area contributed by atoms with Gasteiger partial charge in [-0.1, -0.05) is 6.08 Å². The molecule has 0 amide bonds. The minimum atomic E-state index is -0.0638. The van der Waals surface area contributed by atoms with Gasteiger partial charge in [0.05, 0.1) is 5.25 Å². The monoisotopic (exact) mass is 211 g/mol. The summed E-state index contributed by atoms with van der Waals surface area (Å²) in [5.41, 5.74) is 0.760. The molecule has 0 bridgehead atoms. The van der Waals surface area contributed by atoms with Crippen molar-refractivity contribution in [2.75, 3.05) is 0 Å². The molecule has 3 heteroatoms. The first-order valence-corrected chi connectivity index (χ1v) is 5.21. The van der Waals surface area contributed by atoms with Crippen molar-refractivity contribution < 1.29 is 4.79 Å². The number of carbonyl (C=O) groups is 1. The minimum Gasteiger partial charge on any atom is -0.349 e. The zero-order valence-corrected chi connectivity index (χ0v) is 10.0. The zero-order valence-electron chi connectivity index (χ0n) is 9.11. The van der Waals surface area contributed by atoms with Crippen molar-refractivity contribution in [3.05, 3.63) is 24.0 Å². The Morgan fingerprint density at radius 1 is 1.50 bits per heavy atom. The molecule has 0 aromatic heterocycles. The molecule has 1 rings (SSSR count). The molecule has 0 spiro atoms. The van der Waals surface area contributed by atoms with Crippen LogP contribution in [0.25, 0.3) is 0 Å². The summed E-state index contributed by atoms with van der Waals surface area (Å²) in [5.74, 6) is 0.0867. The maximum absolute atomic E-state index is 11.3. The summed E-state index contributed by atoms with van der Waals surface area (Å²) in [7, 11) is 0. The number of ketones is 1. The molecule has 1 atom stereocenters. The molecule has 0 radical (unpaired) electrons. The first-order valence-electron chi connectivity index (χ1n) is 4.70. The van der Waals surface area contributed by atoms with E-state index in [9.17, 15) is 4.79 Å². The van der Waals surface area contributed by atoms with Crippen LogP contribution in [0.1, 0.15) is 27.7 Å². The summed E-state index contributed by atoms with van der Waals surface area (Å²) in [6, 6.07) is 0. The third-order valence-corrected chi connectivity index (χ3v) is 2.66. The maximum atomic E-state index is 11.3. The molecular weight excluding hydrogens is 194 g/mol. The van der Waals surface area contributed by atoms with Crippen LogP contribution in [0.15, 0.2) is 24.0 Å². The Morgan fingerprint density at radius 3 is 2.50 bits per heavy atom. The van der Waals surface area contributed by atoms with Gasteiger partial charge in [0.25, 0.3) is 0 Å². The molecular formula is C11H17NOS. The van der Waals surface area contributed by atoms with Gasteiger partial charge in [-0.15, -0.1) is 0 Å². The first-order chi connectivity index (χ1) is 6.32. The quantitative estimate of drug-likeness (QED) is 0.672. The highest BCUT2D eigenvalue weighted by molar-refractivity contribution is 7.81. The predicted molar refractivity (Wildman–Crippen MR) is 62.3 cm³/mol. The number of thiol groups is 1. The number of Topliss-reactive ketones (excluding diaryl/α,β-unsaturated/α-hetero) is 1. The van der Waals surface area contributed by atoms with Crippen LogP contribution < -0.4 is 0 Å². The van der Waals surface area contributed by atoms with Crippen molar-refractivity contribution in [1.29, 1.82) is 0 Å². The van der Waals surface area contributed by atoms with E-state index in [0.29, 0.717) is 0 Å². The average molecular weight is 211 g/mol. The highest BCUT2D eigenvalue weighted by Gasteiger charge is 2.23. The van der Waals surface area contributed by atoms with Crippen LogP contribution in [-0.4, -0.2) is 21.5 Å². The van der Waals surface area contributed by atoms with Gasteiger partial charge in [-0.2, -0.15) is 12.6 Å². The van der Waals surface area contributed by atoms with Crippen molar-refractivity contribution in [2.45, 2.75) is 38.5 Å². The minimum absolute atomic E-state index is 0.00508. The summed E-state index contributed by atoms with van der Waals surface area (Å²) in [4.78, 5) is 13.3. The lowest BCUT2D eigenvalue weighted by molar-refractivity contribution is -0.113. The molecule has 0 aliphatic carbocycles. The molecule has 78 valence electrons.